The minimum absolute atomic E-state index is 0.108. The van der Waals surface area contributed by atoms with E-state index in [0.29, 0.717) is 24.5 Å². The number of amides is 1. The van der Waals surface area contributed by atoms with Crippen molar-refractivity contribution in [2.45, 2.75) is 20.8 Å². The molecule has 0 bridgehead atoms. The first kappa shape index (κ1) is 14.9. The number of rotatable bonds is 6. The minimum atomic E-state index is -1.04. The molecule has 1 aromatic heterocycles. The van der Waals surface area contributed by atoms with E-state index in [2.05, 4.69) is 10.3 Å². The maximum atomic E-state index is 11.6. The first-order chi connectivity index (χ1) is 8.99. The lowest BCUT2D eigenvalue weighted by Gasteiger charge is -2.24. The lowest BCUT2D eigenvalue weighted by atomic mass is 10.2. The van der Waals surface area contributed by atoms with Crippen LogP contribution >= 0.6 is 0 Å². The molecule has 0 aromatic carbocycles. The number of nitrogens with zero attached hydrogens (tertiary/aromatic N) is 2. The van der Waals surface area contributed by atoms with E-state index in [1.807, 2.05) is 13.8 Å². The summed E-state index contributed by atoms with van der Waals surface area (Å²) in [6.07, 6.45) is 1.33. The fraction of sp³-hybridized carbons (Fsp3) is 0.462. The van der Waals surface area contributed by atoms with E-state index in [9.17, 15) is 14.7 Å². The van der Waals surface area contributed by atoms with Gasteiger partial charge in [0.2, 0.25) is 5.91 Å². The molecule has 1 aromatic rings. The molecule has 1 amide bonds. The van der Waals surface area contributed by atoms with E-state index in [-0.39, 0.29) is 18.0 Å². The normalized spacial score (nSPS) is 10.1. The summed E-state index contributed by atoms with van der Waals surface area (Å²) in [5, 5.41) is 11.9. The van der Waals surface area contributed by atoms with Crippen molar-refractivity contribution in [2.75, 3.05) is 24.5 Å². The average Bonchev–Trinajstić information content (AvgIpc) is 2.35. The third-order valence-electron chi connectivity index (χ3n) is 2.68. The topological polar surface area (TPSA) is 82.5 Å². The van der Waals surface area contributed by atoms with Crippen LogP contribution in [0.3, 0.4) is 0 Å². The number of carbonyl (C=O) groups excluding carboxylic acids is 1. The maximum Gasteiger partial charge on any atom is 0.339 e. The third-order valence-corrected chi connectivity index (χ3v) is 2.68. The fourth-order valence-corrected chi connectivity index (χ4v) is 1.77. The second-order valence-electron chi connectivity index (χ2n) is 4.12. The average molecular weight is 265 g/mol. The Morgan fingerprint density at radius 1 is 1.42 bits per heavy atom. The number of likely N-dealkylation sites (N-methyl/N-ethyl adjacent to an activating group) is 2. The van der Waals surface area contributed by atoms with Crippen molar-refractivity contribution >= 4 is 17.6 Å². The van der Waals surface area contributed by atoms with Gasteiger partial charge in [0.1, 0.15) is 5.56 Å². The Kier molecular flexibility index (Phi) is 5.29. The maximum absolute atomic E-state index is 11.6. The van der Waals surface area contributed by atoms with Crippen molar-refractivity contribution in [3.63, 3.8) is 0 Å². The van der Waals surface area contributed by atoms with Crippen LogP contribution in [0.1, 0.15) is 29.9 Å². The molecule has 0 aliphatic heterocycles. The standard InChI is InChI=1S/C13H19N3O3/c1-4-14-12(17)8-16(5-2)11-6-9(3)15-7-10(11)13(18)19/h6-7H,4-5,8H2,1-3H3,(H,14,17)(H,18,19). The van der Waals surface area contributed by atoms with Crippen molar-refractivity contribution in [1.82, 2.24) is 10.3 Å². The molecule has 2 N–H and O–H groups in total. The minimum Gasteiger partial charge on any atom is -0.478 e. The van der Waals surface area contributed by atoms with Crippen molar-refractivity contribution in [2.24, 2.45) is 0 Å². The van der Waals surface area contributed by atoms with Gasteiger partial charge in [-0.05, 0) is 26.8 Å². The Morgan fingerprint density at radius 3 is 2.63 bits per heavy atom. The van der Waals surface area contributed by atoms with Crippen LogP contribution in [-0.2, 0) is 4.79 Å². The molecule has 0 aliphatic rings. The number of aromatic carboxylic acids is 1. The lowest BCUT2D eigenvalue weighted by molar-refractivity contribution is -0.119. The highest BCUT2D eigenvalue weighted by atomic mass is 16.4. The zero-order valence-electron chi connectivity index (χ0n) is 11.4. The zero-order chi connectivity index (χ0) is 14.4. The molecule has 0 aliphatic carbocycles. The number of carboxylic acids is 1. The number of aromatic nitrogens is 1. The van der Waals surface area contributed by atoms with Gasteiger partial charge in [0.25, 0.3) is 0 Å². The molecule has 6 nitrogen and oxygen atoms in total. The molecule has 104 valence electrons. The van der Waals surface area contributed by atoms with Crippen LogP contribution in [-0.4, -0.2) is 41.6 Å². The smallest absolute Gasteiger partial charge is 0.339 e. The molecule has 0 spiro atoms. The molecular weight excluding hydrogens is 246 g/mol. The molecule has 0 atom stereocenters. The van der Waals surface area contributed by atoms with Gasteiger partial charge in [-0.2, -0.15) is 0 Å². The molecular formula is C13H19N3O3. The summed E-state index contributed by atoms with van der Waals surface area (Å²) in [6, 6.07) is 1.69. The lowest BCUT2D eigenvalue weighted by Crippen LogP contribution is -2.37. The van der Waals surface area contributed by atoms with Gasteiger partial charge >= 0.3 is 5.97 Å². The summed E-state index contributed by atoms with van der Waals surface area (Å²) in [5.41, 5.74) is 1.35. The Bertz CT molecular complexity index is 474. The van der Waals surface area contributed by atoms with Crippen LogP contribution in [0.2, 0.25) is 0 Å². The molecule has 1 rings (SSSR count). The van der Waals surface area contributed by atoms with Gasteiger partial charge in [0, 0.05) is 25.0 Å². The summed E-state index contributed by atoms with van der Waals surface area (Å²) in [5.74, 6) is -1.17. The highest BCUT2D eigenvalue weighted by Gasteiger charge is 2.17. The van der Waals surface area contributed by atoms with Gasteiger partial charge in [0.15, 0.2) is 0 Å². The van der Waals surface area contributed by atoms with Crippen molar-refractivity contribution in [3.05, 3.63) is 23.5 Å². The van der Waals surface area contributed by atoms with Crippen LogP contribution < -0.4 is 10.2 Å². The SMILES string of the molecule is CCNC(=O)CN(CC)c1cc(C)ncc1C(=O)O. The first-order valence-corrected chi connectivity index (χ1v) is 6.21. The summed E-state index contributed by atoms with van der Waals surface area (Å²) in [6.45, 7) is 6.73. The van der Waals surface area contributed by atoms with E-state index < -0.39 is 5.97 Å². The van der Waals surface area contributed by atoms with Crippen molar-refractivity contribution in [1.29, 1.82) is 0 Å². The zero-order valence-corrected chi connectivity index (χ0v) is 11.4. The highest BCUT2D eigenvalue weighted by molar-refractivity contribution is 5.95. The van der Waals surface area contributed by atoms with E-state index in [1.165, 1.54) is 6.20 Å². The van der Waals surface area contributed by atoms with E-state index in [1.54, 1.807) is 17.9 Å². The molecule has 19 heavy (non-hydrogen) atoms. The van der Waals surface area contributed by atoms with E-state index in [4.69, 9.17) is 0 Å². The van der Waals surface area contributed by atoms with Gasteiger partial charge in [-0.25, -0.2) is 4.79 Å². The van der Waals surface area contributed by atoms with Crippen LogP contribution in [0, 0.1) is 6.92 Å². The fourth-order valence-electron chi connectivity index (χ4n) is 1.77. The largest absolute Gasteiger partial charge is 0.478 e. The number of aryl methyl sites for hydroxylation is 1. The molecule has 0 saturated carbocycles. The van der Waals surface area contributed by atoms with E-state index in [0.717, 1.165) is 0 Å². The third kappa shape index (κ3) is 3.94. The van der Waals surface area contributed by atoms with E-state index >= 15 is 0 Å². The number of carbonyl (C=O) groups is 2. The number of pyridine rings is 1. The number of anilines is 1. The van der Waals surface area contributed by atoms with Crippen LogP contribution in [0.25, 0.3) is 0 Å². The van der Waals surface area contributed by atoms with Crippen LogP contribution in [0.5, 0.6) is 0 Å². The van der Waals surface area contributed by atoms with Gasteiger partial charge in [-0.3, -0.25) is 9.78 Å². The monoisotopic (exact) mass is 265 g/mol. The second kappa shape index (κ2) is 6.72. The van der Waals surface area contributed by atoms with Gasteiger partial charge < -0.3 is 15.3 Å². The van der Waals surface area contributed by atoms with Crippen molar-refractivity contribution in [3.8, 4) is 0 Å². The van der Waals surface area contributed by atoms with Gasteiger partial charge in [-0.1, -0.05) is 0 Å². The second-order valence-corrected chi connectivity index (χ2v) is 4.12. The van der Waals surface area contributed by atoms with Crippen LogP contribution in [0.15, 0.2) is 12.3 Å². The summed E-state index contributed by atoms with van der Waals surface area (Å²) >= 11 is 0. The molecule has 6 heteroatoms. The molecule has 0 saturated heterocycles. The number of hydrogen-bond donors (Lipinski definition) is 2. The predicted molar refractivity (Wildman–Crippen MR) is 72.5 cm³/mol. The quantitative estimate of drug-likeness (QED) is 0.803. The highest BCUT2D eigenvalue weighted by Crippen LogP contribution is 2.20. The molecule has 0 fully saturated rings. The number of carboxylic acid groups (broad SMARTS) is 1. The summed E-state index contributed by atoms with van der Waals surface area (Å²) in [7, 11) is 0. The summed E-state index contributed by atoms with van der Waals surface area (Å²) < 4.78 is 0. The Balaban J connectivity index is 3.06. The summed E-state index contributed by atoms with van der Waals surface area (Å²) in [4.78, 5) is 28.5. The first-order valence-electron chi connectivity index (χ1n) is 6.21. The Labute approximate surface area is 112 Å². The van der Waals surface area contributed by atoms with Crippen LogP contribution in [0.4, 0.5) is 5.69 Å². The Morgan fingerprint density at radius 2 is 2.11 bits per heavy atom. The van der Waals surface area contributed by atoms with Gasteiger partial charge in [0.05, 0.1) is 12.2 Å². The Hall–Kier alpha value is -2.11. The predicted octanol–water partition coefficient (Wildman–Crippen LogP) is 1.05. The van der Waals surface area contributed by atoms with Crippen molar-refractivity contribution < 1.29 is 14.7 Å². The number of hydrogen-bond acceptors (Lipinski definition) is 4. The number of nitrogens with one attached hydrogen (secondary N) is 1. The molecule has 0 unspecified atom stereocenters. The van der Waals surface area contributed by atoms with Gasteiger partial charge in [-0.15, -0.1) is 0 Å². The molecule has 1 heterocycles. The molecule has 0 radical (unpaired) electrons.